The lowest BCUT2D eigenvalue weighted by molar-refractivity contribution is -0.396. The van der Waals surface area contributed by atoms with Gasteiger partial charge in [0, 0.05) is 10.8 Å². The Bertz CT molecular complexity index is 2160. The van der Waals surface area contributed by atoms with Crippen molar-refractivity contribution in [3.63, 3.8) is 0 Å². The number of carboxylic acid groups (broad SMARTS) is 1. The lowest BCUT2D eigenvalue weighted by atomic mass is 9.33. The number of carbonyl (C=O) groups is 1. The molecule has 0 aromatic rings. The molecule has 9 aliphatic rings. The van der Waals surface area contributed by atoms with Crippen LogP contribution in [0, 0.1) is 50.2 Å². The zero-order valence-corrected chi connectivity index (χ0v) is 45.6. The molecule has 0 radical (unpaired) electrons. The van der Waals surface area contributed by atoms with Gasteiger partial charge in [-0.3, -0.25) is 0 Å². The lowest BCUT2D eigenvalue weighted by Gasteiger charge is -2.72. The van der Waals surface area contributed by atoms with Gasteiger partial charge in [0.2, 0.25) is 0 Å². The number of aliphatic carboxylic acids is 1. The average molecular weight is 1120 g/mol. The highest BCUT2D eigenvalue weighted by atomic mass is 16.8. The van der Waals surface area contributed by atoms with Gasteiger partial charge in [0.1, 0.15) is 85.5 Å². The number of aliphatic hydroxyl groups is 14. The maximum atomic E-state index is 12.6. The van der Waals surface area contributed by atoms with E-state index in [1.807, 2.05) is 13.8 Å². The van der Waals surface area contributed by atoms with Crippen molar-refractivity contribution < 1.29 is 119 Å². The molecule has 24 heteroatoms. The first-order chi connectivity index (χ1) is 36.5. The van der Waals surface area contributed by atoms with Crippen LogP contribution < -0.4 is 0 Å². The number of carboxylic acids is 1. The van der Waals surface area contributed by atoms with Gasteiger partial charge in [-0.05, 0) is 104 Å². The minimum atomic E-state index is -2.12. The van der Waals surface area contributed by atoms with Crippen molar-refractivity contribution in [3.05, 3.63) is 11.6 Å². The largest absolute Gasteiger partial charge is 0.479 e. The number of aliphatic hydroxyl groups excluding tert-OH is 14. The van der Waals surface area contributed by atoms with Gasteiger partial charge in [-0.2, -0.15) is 0 Å². The fourth-order valence-corrected chi connectivity index (χ4v) is 16.6. The van der Waals surface area contributed by atoms with E-state index in [2.05, 4.69) is 33.8 Å². The van der Waals surface area contributed by atoms with Gasteiger partial charge in [0.05, 0.1) is 44.7 Å². The number of hydrogen-bond acceptors (Lipinski definition) is 23. The highest BCUT2D eigenvalue weighted by Gasteiger charge is 2.70. The quantitative estimate of drug-likeness (QED) is 0.0670. The van der Waals surface area contributed by atoms with Gasteiger partial charge in [-0.25, -0.2) is 4.79 Å². The van der Waals surface area contributed by atoms with E-state index in [0.717, 1.165) is 19.3 Å². The van der Waals surface area contributed by atoms with E-state index in [1.165, 1.54) is 12.5 Å². The summed E-state index contributed by atoms with van der Waals surface area (Å²) in [6.45, 7) is 12.7. The molecule has 448 valence electrons. The third-order valence-corrected chi connectivity index (χ3v) is 21.8. The molecule has 4 heterocycles. The highest BCUT2D eigenvalue weighted by Crippen LogP contribution is 2.76. The molecule has 8 fully saturated rings. The smallest absolute Gasteiger partial charge is 0.335 e. The second kappa shape index (κ2) is 22.1. The highest BCUT2D eigenvalue weighted by molar-refractivity contribution is 5.73. The number of ether oxygens (including phenoxy) is 8. The molecule has 4 aliphatic heterocycles. The van der Waals surface area contributed by atoms with Crippen LogP contribution in [0.15, 0.2) is 11.6 Å². The summed E-state index contributed by atoms with van der Waals surface area (Å²) < 4.78 is 48.1. The Hall–Kier alpha value is -1.67. The van der Waals surface area contributed by atoms with Gasteiger partial charge >= 0.3 is 5.97 Å². The fraction of sp³-hybridized carbons (Fsp3) is 0.944. The summed E-state index contributed by atoms with van der Waals surface area (Å²) in [6, 6.07) is 0. The Balaban J connectivity index is 0.963. The molecule has 0 aromatic heterocycles. The van der Waals surface area contributed by atoms with Crippen LogP contribution in [0.2, 0.25) is 0 Å². The second-order valence-corrected chi connectivity index (χ2v) is 26.3. The van der Waals surface area contributed by atoms with Crippen LogP contribution in [0.1, 0.15) is 106 Å². The normalized spacial score (nSPS) is 56.4. The van der Waals surface area contributed by atoms with Crippen LogP contribution in [0.25, 0.3) is 0 Å². The van der Waals surface area contributed by atoms with Crippen LogP contribution in [0.3, 0.4) is 0 Å². The topological polar surface area (TPSA) is 394 Å². The molecule has 4 saturated carbocycles. The Morgan fingerprint density at radius 3 is 1.79 bits per heavy atom. The summed E-state index contributed by atoms with van der Waals surface area (Å²) in [5.41, 5.74) is -1.77. The number of hydrogen-bond donors (Lipinski definition) is 15. The van der Waals surface area contributed by atoms with Crippen molar-refractivity contribution in [2.24, 2.45) is 50.2 Å². The third-order valence-electron chi connectivity index (χ3n) is 21.8. The van der Waals surface area contributed by atoms with Crippen LogP contribution in [0.4, 0.5) is 0 Å². The molecular weight excluding hydrogens is 1030 g/mol. The van der Waals surface area contributed by atoms with E-state index >= 15 is 0 Å². The Labute approximate surface area is 453 Å². The van der Waals surface area contributed by atoms with Crippen molar-refractivity contribution in [2.45, 2.75) is 241 Å². The third kappa shape index (κ3) is 9.76. The predicted octanol–water partition coefficient (Wildman–Crippen LogP) is -2.50. The minimum absolute atomic E-state index is 0.0470. The lowest BCUT2D eigenvalue weighted by Crippen LogP contribution is -2.68. The minimum Gasteiger partial charge on any atom is -0.479 e. The van der Waals surface area contributed by atoms with Gasteiger partial charge in [0.25, 0.3) is 0 Å². The van der Waals surface area contributed by atoms with E-state index < -0.39 is 176 Å². The molecule has 0 bridgehead atoms. The monoisotopic (exact) mass is 1120 g/mol. The van der Waals surface area contributed by atoms with E-state index in [4.69, 9.17) is 37.9 Å². The maximum Gasteiger partial charge on any atom is 0.335 e. The van der Waals surface area contributed by atoms with E-state index in [1.54, 1.807) is 0 Å². The van der Waals surface area contributed by atoms with Crippen molar-refractivity contribution in [3.8, 4) is 0 Å². The van der Waals surface area contributed by atoms with Crippen LogP contribution in [0.5, 0.6) is 0 Å². The number of rotatable bonds is 13. The number of allylic oxidation sites excluding steroid dienone is 2. The molecule has 15 N–H and O–H groups in total. The first-order valence-electron chi connectivity index (χ1n) is 27.9. The van der Waals surface area contributed by atoms with Gasteiger partial charge in [-0.15, -0.1) is 0 Å². The first kappa shape index (κ1) is 60.9. The molecular formula is C54H88O24. The summed E-state index contributed by atoms with van der Waals surface area (Å²) in [7, 11) is 0. The van der Waals surface area contributed by atoms with Crippen molar-refractivity contribution in [2.75, 3.05) is 26.4 Å². The predicted molar refractivity (Wildman–Crippen MR) is 265 cm³/mol. The Kier molecular flexibility index (Phi) is 17.2. The van der Waals surface area contributed by atoms with Gasteiger partial charge < -0.3 is 114 Å². The molecule has 78 heavy (non-hydrogen) atoms. The van der Waals surface area contributed by atoms with Crippen molar-refractivity contribution in [1.82, 2.24) is 0 Å². The molecule has 0 aromatic carbocycles. The second-order valence-electron chi connectivity index (χ2n) is 26.3. The molecule has 4 saturated heterocycles. The van der Waals surface area contributed by atoms with Crippen LogP contribution in [-0.2, 0) is 42.7 Å². The number of fused-ring (bicyclic) bond motifs is 7. The van der Waals surface area contributed by atoms with Crippen LogP contribution in [-0.4, -0.2) is 244 Å². The molecule has 24 nitrogen and oxygen atoms in total. The zero-order chi connectivity index (χ0) is 57.1. The van der Waals surface area contributed by atoms with Crippen LogP contribution >= 0.6 is 0 Å². The summed E-state index contributed by atoms with van der Waals surface area (Å²) in [6.07, 6.45) is -27.6. The standard InChI is InChI=1S/C54H88O24/c1-22-31(59)34(62)40(68)46(72-22)77-42-36(64)33(61)26(19-56)74-47(42)78-43-38(66)37(65)41(44(69)70)76-48(43)75-30-11-12-51(4)27(52(30,5)20-57)10-13-54(7)28(51)9-8-23-24-16-49(2,17-29(58)50(24,3)14-15-53(23,54)6)21-71-45-39(67)35(63)32(60)25(18-55)73-45/h8,22,24-43,45-48,55-68H,9-21H2,1-7H3,(H,69,70)/t22-,24-,25-,26+,27-,28+,29-,30-,31-,32+,33+,34+,35+,36-,37+,38-,39-,40-,41+,42+,43+,45-,46+,47-,48+,49-,50-,51-,52-,53+,54+/m0/s1. The Morgan fingerprint density at radius 1 is 0.590 bits per heavy atom. The molecule has 5 aliphatic carbocycles. The molecule has 0 amide bonds. The molecule has 0 spiro atoms. The van der Waals surface area contributed by atoms with E-state index in [-0.39, 0.29) is 41.8 Å². The van der Waals surface area contributed by atoms with Gasteiger partial charge in [0.15, 0.2) is 31.3 Å². The Morgan fingerprint density at radius 2 is 1.17 bits per heavy atom. The fourth-order valence-electron chi connectivity index (χ4n) is 16.6. The summed E-state index contributed by atoms with van der Waals surface area (Å²) >= 11 is 0. The van der Waals surface area contributed by atoms with Gasteiger partial charge in [-0.1, -0.05) is 53.2 Å². The summed E-state index contributed by atoms with van der Waals surface area (Å²) in [5.74, 6) is -1.77. The van der Waals surface area contributed by atoms with Crippen molar-refractivity contribution in [1.29, 1.82) is 0 Å². The van der Waals surface area contributed by atoms with E-state index in [0.29, 0.717) is 38.5 Å². The average Bonchev–Trinajstić information content (AvgIpc) is 2.58. The SMILES string of the molecule is C[C@@H]1O[C@H](O[C@H]2[C@H](O[C@H]3[C@H](O[C@H]4CC[C@@]5(C)[C@H](CC[C@]6(C)[C@@H]5CC=C5[C@@H]7C[C@](C)(CO[C@H]8O[C@@H](CO)[C@@H](O)[C@@H](O)[C@@H]8O)C[C@H](O)[C@@]7(C)CC[C@]56C)[C@]4(C)CO)O[C@@H](C(=O)O)[C@H](O)[C@@H]3O)O[C@H](CO)[C@@H](O)[C@@H]2O)[C@@H](O)[C@H](O)[C@H]1O. The van der Waals surface area contributed by atoms with Crippen molar-refractivity contribution >= 4 is 5.97 Å². The summed E-state index contributed by atoms with van der Waals surface area (Å²) in [5, 5.41) is 162. The maximum absolute atomic E-state index is 12.6. The first-order valence-corrected chi connectivity index (χ1v) is 27.9. The molecule has 0 unspecified atom stereocenters. The summed E-state index contributed by atoms with van der Waals surface area (Å²) in [4.78, 5) is 12.6. The van der Waals surface area contributed by atoms with E-state index in [9.17, 15) is 81.4 Å². The molecule has 31 atom stereocenters. The molecule has 9 rings (SSSR count). The zero-order valence-electron chi connectivity index (χ0n) is 45.6.